The van der Waals surface area contributed by atoms with Crippen molar-refractivity contribution in [2.45, 2.75) is 298 Å². The first-order valence-corrected chi connectivity index (χ1v) is 33.3. The van der Waals surface area contributed by atoms with Crippen molar-refractivity contribution in [1.29, 1.82) is 0 Å². The summed E-state index contributed by atoms with van der Waals surface area (Å²) in [5, 5.41) is 0. The quantitative estimate of drug-likeness (QED) is 0.0821. The normalized spacial score (nSPS) is 20.6. The molecule has 0 spiro atoms. The second-order valence-electron chi connectivity index (χ2n) is 30.0. The highest BCUT2D eigenvalue weighted by molar-refractivity contribution is 5.19. The topological polar surface area (TPSA) is 3.24 Å². The third kappa shape index (κ3) is 38.6. The van der Waals surface area contributed by atoms with Crippen LogP contribution in [0.25, 0.3) is 0 Å². The Morgan fingerprint density at radius 1 is 0.455 bits per heavy atom. The van der Waals surface area contributed by atoms with Gasteiger partial charge in [0.1, 0.15) is 0 Å². The molecule has 6 atom stereocenters. The lowest BCUT2D eigenvalue weighted by Gasteiger charge is -2.31. The predicted molar refractivity (Wildman–Crippen MR) is 342 cm³/mol. The molecule has 0 amide bonds. The van der Waals surface area contributed by atoms with Crippen LogP contribution >= 0.6 is 0 Å². The van der Waals surface area contributed by atoms with E-state index in [2.05, 4.69) is 190 Å². The molecular weight excluding hydrogens is 941 g/mol. The number of likely N-dealkylation sites (tertiary alicyclic amines) is 1. The van der Waals surface area contributed by atoms with Crippen LogP contribution in [0.1, 0.15) is 290 Å². The first kappa shape index (κ1) is 73.3. The van der Waals surface area contributed by atoms with E-state index in [1.165, 1.54) is 140 Å². The molecule has 0 aromatic heterocycles. The maximum absolute atomic E-state index is 13.1. The molecule has 1 aliphatic heterocycles. The fourth-order valence-electron chi connectivity index (χ4n) is 13.6. The van der Waals surface area contributed by atoms with Crippen LogP contribution in [-0.4, -0.2) is 30.0 Å². The fourth-order valence-corrected chi connectivity index (χ4v) is 13.6. The summed E-state index contributed by atoms with van der Waals surface area (Å²) in [6, 6.07) is 22.8. The Morgan fingerprint density at radius 3 is 1.32 bits per heavy atom. The van der Waals surface area contributed by atoms with Gasteiger partial charge in [-0.15, -0.1) is 0 Å². The number of hydrogen-bond acceptors (Lipinski definition) is 1. The van der Waals surface area contributed by atoms with Gasteiger partial charge in [0.15, 0.2) is 0 Å². The van der Waals surface area contributed by atoms with E-state index in [1.54, 1.807) is 0 Å². The van der Waals surface area contributed by atoms with Crippen molar-refractivity contribution in [1.82, 2.24) is 4.90 Å². The number of halogens is 2. The molecule has 2 aromatic carbocycles. The highest BCUT2D eigenvalue weighted by Crippen LogP contribution is 2.44. The van der Waals surface area contributed by atoms with Gasteiger partial charge in [0.25, 0.3) is 0 Å². The van der Waals surface area contributed by atoms with Crippen LogP contribution in [0, 0.1) is 88.8 Å². The van der Waals surface area contributed by atoms with E-state index in [4.69, 9.17) is 0 Å². The number of hydrogen-bond donors (Lipinski definition) is 0. The summed E-state index contributed by atoms with van der Waals surface area (Å²) in [5.74, 6) is 11.0. The molecule has 3 aliphatic rings. The summed E-state index contributed by atoms with van der Waals surface area (Å²) in [7, 11) is 0. The Kier molecular flexibility index (Phi) is 39.3. The molecule has 3 fully saturated rings. The van der Waals surface area contributed by atoms with E-state index < -0.39 is 5.92 Å². The molecule has 1 saturated heterocycles. The molecule has 6 unspecified atom stereocenters. The number of rotatable bonds is 28. The van der Waals surface area contributed by atoms with Crippen molar-refractivity contribution < 1.29 is 8.78 Å². The van der Waals surface area contributed by atoms with Gasteiger partial charge in [0, 0.05) is 32.0 Å². The fraction of sp³-hybridized carbons (Fsp3) is 0.838. The van der Waals surface area contributed by atoms with Gasteiger partial charge in [-0.1, -0.05) is 243 Å². The van der Waals surface area contributed by atoms with Crippen LogP contribution in [0.4, 0.5) is 8.78 Å². The van der Waals surface area contributed by atoms with E-state index in [0.717, 1.165) is 95.3 Å². The predicted octanol–water partition coefficient (Wildman–Crippen LogP) is 24.1. The highest BCUT2D eigenvalue weighted by atomic mass is 19.3. The average molecular weight is 1080 g/mol. The first-order valence-electron chi connectivity index (χ1n) is 33.3. The van der Waals surface area contributed by atoms with Crippen molar-refractivity contribution in [3.8, 4) is 0 Å². The Balaban J connectivity index is 0.000000484. The van der Waals surface area contributed by atoms with Gasteiger partial charge in [-0.3, -0.25) is 0 Å². The summed E-state index contributed by atoms with van der Waals surface area (Å²) in [6.45, 7) is 48.1. The zero-order chi connectivity index (χ0) is 58.1. The lowest BCUT2D eigenvalue weighted by Crippen LogP contribution is -2.29. The Labute approximate surface area is 482 Å². The number of benzene rings is 2. The molecule has 1 nitrogen and oxygen atoms in total. The maximum atomic E-state index is 13.1. The third-order valence-corrected chi connectivity index (χ3v) is 16.9. The minimum atomic E-state index is -2.44. The number of alkyl halides is 2. The SMILES string of the molecule is CC(C)CC1CC2CN(C(C)C)CC2C1.CC(C)CC1CCCC(CC(C)C)C1.CC(C)CCCC(CC(C)C)c1ccccc1.CC(C)CCCC(Cc1ccccc1)CC(C)C.CC(C)CCCC(F)(F)CC(C)C. The van der Waals surface area contributed by atoms with Gasteiger partial charge < -0.3 is 4.90 Å². The molecule has 450 valence electrons. The van der Waals surface area contributed by atoms with E-state index in [-0.39, 0.29) is 18.8 Å². The zero-order valence-corrected chi connectivity index (χ0v) is 55.3. The largest absolute Gasteiger partial charge is 0.300 e. The van der Waals surface area contributed by atoms with Gasteiger partial charge in [-0.05, 0) is 190 Å². The summed E-state index contributed by atoms with van der Waals surface area (Å²) in [4.78, 5) is 2.68. The minimum absolute atomic E-state index is 0.0328. The van der Waals surface area contributed by atoms with Crippen LogP contribution in [-0.2, 0) is 6.42 Å². The molecule has 3 heteroatoms. The van der Waals surface area contributed by atoms with Crippen molar-refractivity contribution in [3.63, 3.8) is 0 Å². The zero-order valence-electron chi connectivity index (χ0n) is 55.3. The van der Waals surface area contributed by atoms with Crippen LogP contribution < -0.4 is 0 Å². The average Bonchev–Trinajstić information content (AvgIpc) is 3.88. The molecule has 0 bridgehead atoms. The van der Waals surface area contributed by atoms with Crippen molar-refractivity contribution in [3.05, 3.63) is 71.8 Å². The molecule has 5 rings (SSSR count). The molecule has 2 aliphatic carbocycles. The number of fused-ring (bicyclic) bond motifs is 1. The van der Waals surface area contributed by atoms with E-state index in [9.17, 15) is 8.78 Å². The lowest BCUT2D eigenvalue weighted by atomic mass is 9.75. The number of nitrogens with zero attached hydrogens (tertiary/aromatic N) is 1. The molecule has 1 heterocycles. The summed E-state index contributed by atoms with van der Waals surface area (Å²) in [5.41, 5.74) is 3.04. The Morgan fingerprint density at radius 2 is 0.896 bits per heavy atom. The molecule has 2 aromatic rings. The molecule has 0 radical (unpaired) electrons. The summed E-state index contributed by atoms with van der Waals surface area (Å²) in [6.07, 6.45) is 27.3. The van der Waals surface area contributed by atoms with Gasteiger partial charge in [-0.25, -0.2) is 8.78 Å². The minimum Gasteiger partial charge on any atom is -0.300 e. The first-order chi connectivity index (χ1) is 36.1. The monoisotopic (exact) mass is 1080 g/mol. The van der Waals surface area contributed by atoms with E-state index in [0.29, 0.717) is 12.3 Å². The van der Waals surface area contributed by atoms with Crippen molar-refractivity contribution in [2.24, 2.45) is 88.8 Å². The summed E-state index contributed by atoms with van der Waals surface area (Å²) < 4.78 is 26.2. The van der Waals surface area contributed by atoms with Gasteiger partial charge >= 0.3 is 0 Å². The Bertz CT molecular complexity index is 1590. The van der Waals surface area contributed by atoms with E-state index in [1.807, 2.05) is 13.8 Å². The summed E-state index contributed by atoms with van der Waals surface area (Å²) >= 11 is 0. The van der Waals surface area contributed by atoms with Gasteiger partial charge in [0.05, 0.1) is 0 Å². The molecular formula is C74H135F2N. The van der Waals surface area contributed by atoms with Gasteiger partial charge in [0.2, 0.25) is 5.92 Å². The van der Waals surface area contributed by atoms with Crippen LogP contribution in [0.15, 0.2) is 60.7 Å². The smallest absolute Gasteiger partial charge is 0.248 e. The third-order valence-electron chi connectivity index (χ3n) is 16.9. The standard InChI is InChI=1S/C18H30.C17H28.C14H27N.C14H28.C11H22F2/c1-15(2)9-8-12-18(13-16(3)4)14-17-10-6-5-7-11-17;1-14(2)9-8-12-17(13-15(3)4)16-10-6-5-7-11-16;1-10(2)5-12-6-13-8-15(11(3)4)9-14(13)7-12;1-11(2)8-13-6-5-7-14(10-13)9-12(3)4;1-9(2)6-5-7-11(12,13)8-10(3)4/h5-7,10-11,15-16,18H,8-9,12-14H2,1-4H3;5-7,10-11,14-15,17H,8-9,12-13H2,1-4H3;10-14H,5-9H2,1-4H3;11-14H,5-10H2,1-4H3;9-10H,5-8H2,1-4H3. The van der Waals surface area contributed by atoms with Crippen LogP contribution in [0.5, 0.6) is 0 Å². The van der Waals surface area contributed by atoms with Crippen LogP contribution in [0.3, 0.4) is 0 Å². The maximum Gasteiger partial charge on any atom is 0.248 e. The van der Waals surface area contributed by atoms with Crippen molar-refractivity contribution in [2.75, 3.05) is 13.1 Å². The highest BCUT2D eigenvalue weighted by Gasteiger charge is 2.41. The van der Waals surface area contributed by atoms with E-state index >= 15 is 0 Å². The molecule has 0 N–H and O–H groups in total. The second-order valence-corrected chi connectivity index (χ2v) is 30.0. The van der Waals surface area contributed by atoms with Crippen LogP contribution in [0.2, 0.25) is 0 Å². The Hall–Kier alpha value is -1.74. The molecule has 77 heavy (non-hydrogen) atoms. The molecule has 2 saturated carbocycles. The van der Waals surface area contributed by atoms with Gasteiger partial charge in [-0.2, -0.15) is 0 Å². The van der Waals surface area contributed by atoms with Crippen molar-refractivity contribution >= 4 is 0 Å². The second kappa shape index (κ2) is 41.3. The lowest BCUT2D eigenvalue weighted by molar-refractivity contribution is -0.0296.